The molecule has 0 aliphatic heterocycles. The summed E-state index contributed by atoms with van der Waals surface area (Å²) in [5.41, 5.74) is 8.68. The first-order valence-corrected chi connectivity index (χ1v) is 6.82. The molecule has 19 heavy (non-hydrogen) atoms. The van der Waals surface area contributed by atoms with Crippen LogP contribution in [0.2, 0.25) is 0 Å². The van der Waals surface area contributed by atoms with Crippen LogP contribution in [-0.4, -0.2) is 29.3 Å². The van der Waals surface area contributed by atoms with E-state index in [-0.39, 0.29) is 6.61 Å². The Morgan fingerprint density at radius 1 is 1.32 bits per heavy atom. The Kier molecular flexibility index (Phi) is 3.25. The van der Waals surface area contributed by atoms with E-state index in [2.05, 4.69) is 16.0 Å². The summed E-state index contributed by atoms with van der Waals surface area (Å²) in [7, 11) is 0. The lowest BCUT2D eigenvalue weighted by molar-refractivity contribution is 0.284. The number of anilines is 2. The number of aliphatic hydroxyl groups excluding tert-OH is 1. The van der Waals surface area contributed by atoms with Crippen LogP contribution < -0.4 is 10.6 Å². The van der Waals surface area contributed by atoms with Gasteiger partial charge < -0.3 is 15.7 Å². The van der Waals surface area contributed by atoms with Crippen LogP contribution in [0.5, 0.6) is 0 Å². The fourth-order valence-corrected chi connectivity index (χ4v) is 2.74. The molecule has 3 N–H and O–H groups in total. The van der Waals surface area contributed by atoms with E-state index >= 15 is 0 Å². The van der Waals surface area contributed by atoms with Crippen LogP contribution in [0.4, 0.5) is 11.4 Å². The molecule has 0 saturated heterocycles. The fourth-order valence-electron chi connectivity index (χ4n) is 2.74. The van der Waals surface area contributed by atoms with E-state index in [9.17, 15) is 5.11 Å². The number of nitrogen functional groups attached to an aromatic ring is 1. The Morgan fingerprint density at radius 3 is 2.84 bits per heavy atom. The molecule has 4 heteroatoms. The first-order chi connectivity index (χ1) is 9.31. The van der Waals surface area contributed by atoms with Crippen LogP contribution in [0.3, 0.4) is 0 Å². The summed E-state index contributed by atoms with van der Waals surface area (Å²) in [5.74, 6) is 0. The molecule has 1 aromatic heterocycles. The van der Waals surface area contributed by atoms with Gasteiger partial charge in [-0.1, -0.05) is 0 Å². The molecule has 0 radical (unpaired) electrons. The lowest BCUT2D eigenvalue weighted by Gasteiger charge is -2.39. The summed E-state index contributed by atoms with van der Waals surface area (Å²) in [4.78, 5) is 6.67. The van der Waals surface area contributed by atoms with Crippen LogP contribution >= 0.6 is 0 Å². The van der Waals surface area contributed by atoms with Gasteiger partial charge in [-0.25, -0.2) is 0 Å². The molecule has 1 heterocycles. The van der Waals surface area contributed by atoms with Gasteiger partial charge in [0.05, 0.1) is 17.8 Å². The molecule has 3 rings (SSSR count). The van der Waals surface area contributed by atoms with Crippen LogP contribution in [-0.2, 0) is 0 Å². The van der Waals surface area contributed by atoms with Gasteiger partial charge in [0.2, 0.25) is 0 Å². The Balaban J connectivity index is 2.09. The molecule has 4 nitrogen and oxygen atoms in total. The molecule has 0 spiro atoms. The number of hydrogen-bond acceptors (Lipinski definition) is 4. The van der Waals surface area contributed by atoms with Gasteiger partial charge in [0.15, 0.2) is 0 Å². The zero-order valence-electron chi connectivity index (χ0n) is 10.9. The Morgan fingerprint density at radius 2 is 2.16 bits per heavy atom. The van der Waals surface area contributed by atoms with Crippen LogP contribution in [0, 0.1) is 0 Å². The maximum atomic E-state index is 9.31. The molecule has 0 atom stereocenters. The van der Waals surface area contributed by atoms with Crippen molar-refractivity contribution >= 4 is 22.3 Å². The van der Waals surface area contributed by atoms with Crippen molar-refractivity contribution in [1.82, 2.24) is 4.98 Å². The van der Waals surface area contributed by atoms with Crippen molar-refractivity contribution in [2.24, 2.45) is 0 Å². The predicted molar refractivity (Wildman–Crippen MR) is 78.2 cm³/mol. The predicted octanol–water partition coefficient (Wildman–Crippen LogP) is 2.17. The maximum Gasteiger partial charge on any atom is 0.0951 e. The molecule has 100 valence electrons. The van der Waals surface area contributed by atoms with E-state index in [1.54, 1.807) is 6.20 Å². The van der Waals surface area contributed by atoms with Gasteiger partial charge in [0, 0.05) is 29.9 Å². The Hall–Kier alpha value is -1.81. The third-order valence-corrected chi connectivity index (χ3v) is 3.94. The molecule has 1 aromatic carbocycles. The standard InChI is InChI=1S/C15H19N3O/c16-13-6-7-14(12-5-2-8-17-15(12)13)18(9-10-19)11-3-1-4-11/h2,5-8,11,19H,1,3-4,9-10,16H2. The molecule has 1 fully saturated rings. The van der Waals surface area contributed by atoms with E-state index in [1.807, 2.05) is 18.2 Å². The highest BCUT2D eigenvalue weighted by molar-refractivity contribution is 5.98. The lowest BCUT2D eigenvalue weighted by atomic mass is 9.90. The topological polar surface area (TPSA) is 62.4 Å². The van der Waals surface area contributed by atoms with Crippen LogP contribution in [0.15, 0.2) is 30.5 Å². The molecule has 0 unspecified atom stereocenters. The number of hydrogen-bond donors (Lipinski definition) is 2. The van der Waals surface area contributed by atoms with Gasteiger partial charge in [-0.3, -0.25) is 4.98 Å². The molecule has 0 amide bonds. The Labute approximate surface area is 112 Å². The molecular weight excluding hydrogens is 238 g/mol. The fraction of sp³-hybridized carbons (Fsp3) is 0.400. The quantitative estimate of drug-likeness (QED) is 0.824. The summed E-state index contributed by atoms with van der Waals surface area (Å²) in [6, 6.07) is 8.49. The lowest BCUT2D eigenvalue weighted by Crippen LogP contribution is -2.42. The zero-order valence-corrected chi connectivity index (χ0v) is 10.9. The molecule has 2 aromatic rings. The average Bonchev–Trinajstić information content (AvgIpc) is 2.37. The number of nitrogens with zero attached hydrogens (tertiary/aromatic N) is 2. The van der Waals surface area contributed by atoms with E-state index in [0.717, 1.165) is 16.6 Å². The normalized spacial score (nSPS) is 15.4. The number of aromatic nitrogens is 1. The second-order valence-corrected chi connectivity index (χ2v) is 5.08. The van der Waals surface area contributed by atoms with Crippen molar-refractivity contribution < 1.29 is 5.11 Å². The molecule has 1 aliphatic rings. The summed E-state index contributed by atoms with van der Waals surface area (Å²) in [6.45, 7) is 0.835. The molecular formula is C15H19N3O. The van der Waals surface area contributed by atoms with Gasteiger partial charge in [-0.15, -0.1) is 0 Å². The molecule has 1 saturated carbocycles. The van der Waals surface area contributed by atoms with Crippen molar-refractivity contribution in [3.8, 4) is 0 Å². The van der Waals surface area contributed by atoms with E-state index in [1.165, 1.54) is 19.3 Å². The van der Waals surface area contributed by atoms with Gasteiger partial charge in [-0.2, -0.15) is 0 Å². The summed E-state index contributed by atoms with van der Waals surface area (Å²) >= 11 is 0. The van der Waals surface area contributed by atoms with Gasteiger partial charge in [0.25, 0.3) is 0 Å². The first kappa shape index (κ1) is 12.2. The summed E-state index contributed by atoms with van der Waals surface area (Å²) in [5, 5.41) is 10.4. The SMILES string of the molecule is Nc1ccc(N(CCO)C2CCC2)c2cccnc12. The van der Waals surface area contributed by atoms with Gasteiger partial charge in [-0.05, 0) is 43.5 Å². The van der Waals surface area contributed by atoms with Crippen molar-refractivity contribution in [3.63, 3.8) is 0 Å². The van der Waals surface area contributed by atoms with E-state index in [0.29, 0.717) is 18.3 Å². The van der Waals surface area contributed by atoms with E-state index in [4.69, 9.17) is 5.73 Å². The molecule has 1 aliphatic carbocycles. The summed E-state index contributed by atoms with van der Waals surface area (Å²) < 4.78 is 0. The third kappa shape index (κ3) is 2.12. The summed E-state index contributed by atoms with van der Waals surface area (Å²) in [6.07, 6.45) is 5.44. The monoisotopic (exact) mass is 257 g/mol. The van der Waals surface area contributed by atoms with Crippen molar-refractivity contribution in [2.75, 3.05) is 23.8 Å². The second kappa shape index (κ2) is 5.05. The smallest absolute Gasteiger partial charge is 0.0951 e. The highest BCUT2D eigenvalue weighted by Gasteiger charge is 2.26. The number of benzene rings is 1. The number of rotatable bonds is 4. The first-order valence-electron chi connectivity index (χ1n) is 6.82. The average molecular weight is 257 g/mol. The highest BCUT2D eigenvalue weighted by Crippen LogP contribution is 2.35. The number of pyridine rings is 1. The largest absolute Gasteiger partial charge is 0.397 e. The van der Waals surface area contributed by atoms with Gasteiger partial charge in [0.1, 0.15) is 0 Å². The molecule has 0 bridgehead atoms. The Bertz CT molecular complexity index is 581. The number of nitrogens with two attached hydrogens (primary N) is 1. The van der Waals surface area contributed by atoms with Crippen LogP contribution in [0.25, 0.3) is 10.9 Å². The zero-order chi connectivity index (χ0) is 13.2. The van der Waals surface area contributed by atoms with Crippen LogP contribution in [0.1, 0.15) is 19.3 Å². The van der Waals surface area contributed by atoms with E-state index < -0.39 is 0 Å². The number of fused-ring (bicyclic) bond motifs is 1. The van der Waals surface area contributed by atoms with Crippen molar-refractivity contribution in [2.45, 2.75) is 25.3 Å². The highest BCUT2D eigenvalue weighted by atomic mass is 16.3. The number of aliphatic hydroxyl groups is 1. The minimum atomic E-state index is 0.169. The van der Waals surface area contributed by atoms with Crippen molar-refractivity contribution in [1.29, 1.82) is 0 Å². The maximum absolute atomic E-state index is 9.31. The minimum absolute atomic E-state index is 0.169. The van der Waals surface area contributed by atoms with Gasteiger partial charge >= 0.3 is 0 Å². The third-order valence-electron chi connectivity index (χ3n) is 3.94. The minimum Gasteiger partial charge on any atom is -0.397 e. The van der Waals surface area contributed by atoms with Crippen molar-refractivity contribution in [3.05, 3.63) is 30.5 Å². The second-order valence-electron chi connectivity index (χ2n) is 5.08.